The second-order valence-corrected chi connectivity index (χ2v) is 7.77. The first-order valence-corrected chi connectivity index (χ1v) is 9.71. The molecular weight excluding hydrogens is 350 g/mol. The van der Waals surface area contributed by atoms with E-state index < -0.39 is 0 Å². The van der Waals surface area contributed by atoms with Crippen LogP contribution in [-0.4, -0.2) is 38.0 Å². The average molecular weight is 380 g/mol. The first-order chi connectivity index (χ1) is 13.3. The van der Waals surface area contributed by atoms with Crippen molar-refractivity contribution in [3.05, 3.63) is 59.4 Å². The fourth-order valence-electron chi connectivity index (χ4n) is 3.23. The lowest BCUT2D eigenvalue weighted by molar-refractivity contribution is -0.117. The number of benzene rings is 2. The lowest BCUT2D eigenvalue weighted by Gasteiger charge is -2.31. The Bertz CT molecular complexity index is 870. The Hall–Kier alpha value is -2.79. The van der Waals surface area contributed by atoms with Gasteiger partial charge in [0.05, 0.1) is 5.69 Å². The van der Waals surface area contributed by atoms with E-state index in [9.17, 15) is 4.79 Å². The molecular formula is C23H29N3O2. The van der Waals surface area contributed by atoms with Crippen LogP contribution in [-0.2, 0) is 4.79 Å². The van der Waals surface area contributed by atoms with Crippen LogP contribution in [0.1, 0.15) is 37.3 Å². The molecule has 1 aliphatic rings. The Morgan fingerprint density at radius 2 is 1.86 bits per heavy atom. The summed E-state index contributed by atoms with van der Waals surface area (Å²) in [6.07, 6.45) is 2.68. The molecule has 0 bridgehead atoms. The number of rotatable bonds is 6. The fraction of sp³-hybridized carbons (Fsp3) is 0.348. The fourth-order valence-corrected chi connectivity index (χ4v) is 3.23. The molecule has 5 nitrogen and oxygen atoms in total. The quantitative estimate of drug-likeness (QED) is 0.606. The number of hydrogen-bond acceptors (Lipinski definition) is 4. The molecule has 0 atom stereocenters. The molecule has 0 saturated heterocycles. The number of nitrogens with two attached hydrogens (primary N) is 1. The molecule has 2 aromatic rings. The number of carbonyl (C=O) groups excluding carboxylic acids is 1. The summed E-state index contributed by atoms with van der Waals surface area (Å²) in [7, 11) is 4.06. The predicted octanol–water partition coefficient (Wildman–Crippen LogP) is 4.11. The van der Waals surface area contributed by atoms with Gasteiger partial charge >= 0.3 is 0 Å². The number of amides is 1. The zero-order valence-corrected chi connectivity index (χ0v) is 17.1. The van der Waals surface area contributed by atoms with E-state index in [4.69, 9.17) is 10.5 Å². The zero-order valence-electron chi connectivity index (χ0n) is 17.1. The van der Waals surface area contributed by atoms with Gasteiger partial charge in [-0.3, -0.25) is 4.79 Å². The molecule has 0 unspecified atom stereocenters. The molecule has 0 aliphatic carbocycles. The van der Waals surface area contributed by atoms with Crippen LogP contribution in [0, 0.1) is 0 Å². The summed E-state index contributed by atoms with van der Waals surface area (Å²) in [5.74, 6) is 1.29. The number of ether oxygens (including phenoxy) is 1. The van der Waals surface area contributed by atoms with Crippen molar-refractivity contribution in [1.82, 2.24) is 4.90 Å². The summed E-state index contributed by atoms with van der Waals surface area (Å²) in [5, 5.41) is 0. The van der Waals surface area contributed by atoms with Gasteiger partial charge in [0.15, 0.2) is 11.5 Å². The van der Waals surface area contributed by atoms with Gasteiger partial charge in [0.1, 0.15) is 0 Å². The summed E-state index contributed by atoms with van der Waals surface area (Å²) in [4.78, 5) is 17.0. The molecule has 5 heteroatoms. The maximum Gasteiger partial charge on any atom is 0.294 e. The van der Waals surface area contributed by atoms with E-state index >= 15 is 0 Å². The molecule has 1 amide bonds. The van der Waals surface area contributed by atoms with Gasteiger partial charge < -0.3 is 20.3 Å². The van der Waals surface area contributed by atoms with E-state index in [0.29, 0.717) is 29.7 Å². The maximum absolute atomic E-state index is 13.1. The molecule has 0 radical (unpaired) electrons. The van der Waals surface area contributed by atoms with Crippen LogP contribution in [0.3, 0.4) is 0 Å². The van der Waals surface area contributed by atoms with Crippen molar-refractivity contribution in [3.63, 3.8) is 0 Å². The van der Waals surface area contributed by atoms with Gasteiger partial charge in [-0.15, -0.1) is 0 Å². The lowest BCUT2D eigenvalue weighted by atomic mass is 10.0. The van der Waals surface area contributed by atoms with Gasteiger partial charge in [-0.25, -0.2) is 0 Å². The van der Waals surface area contributed by atoms with Crippen molar-refractivity contribution in [3.8, 4) is 5.75 Å². The smallest absolute Gasteiger partial charge is 0.294 e. The molecule has 0 saturated carbocycles. The summed E-state index contributed by atoms with van der Waals surface area (Å²) < 4.78 is 5.94. The third-order valence-corrected chi connectivity index (χ3v) is 4.84. The molecule has 0 fully saturated rings. The molecule has 1 aliphatic heterocycles. The molecule has 148 valence electrons. The number of nitrogens with zero attached hydrogens (tertiary/aromatic N) is 2. The minimum atomic E-state index is -0.121. The van der Waals surface area contributed by atoms with Crippen molar-refractivity contribution in [2.45, 2.75) is 26.2 Å². The Balaban J connectivity index is 1.90. The van der Waals surface area contributed by atoms with Gasteiger partial charge in [-0.05, 0) is 62.3 Å². The molecule has 2 N–H and O–H groups in total. The summed E-state index contributed by atoms with van der Waals surface area (Å²) >= 11 is 0. The highest BCUT2D eigenvalue weighted by Gasteiger charge is 2.30. The van der Waals surface area contributed by atoms with Crippen LogP contribution >= 0.6 is 0 Å². The molecule has 28 heavy (non-hydrogen) atoms. The molecule has 1 heterocycles. The second-order valence-electron chi connectivity index (χ2n) is 7.77. The van der Waals surface area contributed by atoms with Gasteiger partial charge in [0.2, 0.25) is 0 Å². The van der Waals surface area contributed by atoms with Crippen LogP contribution in [0.15, 0.2) is 48.2 Å². The van der Waals surface area contributed by atoms with Crippen LogP contribution < -0.4 is 15.4 Å². The second kappa shape index (κ2) is 8.48. The summed E-state index contributed by atoms with van der Waals surface area (Å²) in [6.45, 7) is 5.86. The standard InChI is InChI=1S/C23H29N3O2/c1-16(2)18-8-6-17(7-9-18)14-22-23(27)26(13-5-12-25(3)4)20-11-10-19(24)15-21(20)28-22/h6-11,14-16H,5,12-13,24H2,1-4H3/b22-14+. The van der Waals surface area contributed by atoms with Crippen molar-refractivity contribution >= 4 is 23.4 Å². The Morgan fingerprint density at radius 1 is 1.14 bits per heavy atom. The normalized spacial score (nSPS) is 15.3. The van der Waals surface area contributed by atoms with Gasteiger partial charge in [-0.1, -0.05) is 38.1 Å². The highest BCUT2D eigenvalue weighted by atomic mass is 16.5. The van der Waals surface area contributed by atoms with E-state index in [1.165, 1.54) is 5.56 Å². The van der Waals surface area contributed by atoms with Crippen molar-refractivity contribution in [2.75, 3.05) is 37.8 Å². The van der Waals surface area contributed by atoms with Crippen molar-refractivity contribution in [2.24, 2.45) is 0 Å². The SMILES string of the molecule is CC(C)c1ccc(/C=C2/Oc3cc(N)ccc3N(CCCN(C)C)C2=O)cc1. The first-order valence-electron chi connectivity index (χ1n) is 9.71. The number of fused-ring (bicyclic) bond motifs is 1. The van der Waals surface area contributed by atoms with E-state index in [2.05, 4.69) is 30.9 Å². The van der Waals surface area contributed by atoms with E-state index in [1.807, 2.05) is 32.3 Å². The number of anilines is 2. The minimum Gasteiger partial charge on any atom is -0.449 e. The van der Waals surface area contributed by atoms with E-state index in [1.54, 1.807) is 23.1 Å². The Morgan fingerprint density at radius 3 is 2.50 bits per heavy atom. The van der Waals surface area contributed by atoms with Gasteiger partial charge in [-0.2, -0.15) is 0 Å². The highest BCUT2D eigenvalue weighted by Crippen LogP contribution is 2.37. The lowest BCUT2D eigenvalue weighted by Crippen LogP contribution is -2.39. The summed E-state index contributed by atoms with van der Waals surface area (Å²) in [6, 6.07) is 13.6. The van der Waals surface area contributed by atoms with E-state index in [0.717, 1.165) is 24.2 Å². The van der Waals surface area contributed by atoms with Gasteiger partial charge in [0, 0.05) is 18.3 Å². The third-order valence-electron chi connectivity index (χ3n) is 4.84. The van der Waals surface area contributed by atoms with E-state index in [-0.39, 0.29) is 5.91 Å². The minimum absolute atomic E-state index is 0.121. The number of hydrogen-bond donors (Lipinski definition) is 1. The molecule has 3 rings (SSSR count). The Kier molecular flexibility index (Phi) is 6.05. The third kappa shape index (κ3) is 4.54. The molecule has 0 spiro atoms. The first kappa shape index (κ1) is 20.0. The monoisotopic (exact) mass is 379 g/mol. The number of carbonyl (C=O) groups is 1. The average Bonchev–Trinajstić information content (AvgIpc) is 2.64. The topological polar surface area (TPSA) is 58.8 Å². The Labute approximate surface area is 167 Å². The highest BCUT2D eigenvalue weighted by molar-refractivity contribution is 6.10. The van der Waals surface area contributed by atoms with Crippen LogP contribution in [0.2, 0.25) is 0 Å². The van der Waals surface area contributed by atoms with Crippen molar-refractivity contribution < 1.29 is 9.53 Å². The van der Waals surface area contributed by atoms with Crippen LogP contribution in [0.25, 0.3) is 6.08 Å². The summed E-state index contributed by atoms with van der Waals surface area (Å²) in [5.41, 5.74) is 9.52. The molecule has 2 aromatic carbocycles. The zero-order chi connectivity index (χ0) is 20.3. The number of nitrogen functional groups attached to an aromatic ring is 1. The largest absolute Gasteiger partial charge is 0.449 e. The molecule has 0 aromatic heterocycles. The van der Waals surface area contributed by atoms with Crippen LogP contribution in [0.5, 0.6) is 5.75 Å². The predicted molar refractivity (Wildman–Crippen MR) is 116 cm³/mol. The van der Waals surface area contributed by atoms with Gasteiger partial charge in [0.25, 0.3) is 5.91 Å². The van der Waals surface area contributed by atoms with Crippen LogP contribution in [0.4, 0.5) is 11.4 Å². The van der Waals surface area contributed by atoms with Crippen molar-refractivity contribution in [1.29, 1.82) is 0 Å². The maximum atomic E-state index is 13.1.